The Kier molecular flexibility index (Phi) is 7.55. The van der Waals surface area contributed by atoms with Crippen molar-refractivity contribution in [3.05, 3.63) is 119 Å². The van der Waals surface area contributed by atoms with Crippen LogP contribution in [0.15, 0.2) is 97.1 Å². The molecule has 190 valence electrons. The van der Waals surface area contributed by atoms with Crippen LogP contribution >= 0.6 is 0 Å². The van der Waals surface area contributed by atoms with Crippen molar-refractivity contribution in [3.8, 4) is 35.1 Å². The Labute approximate surface area is 223 Å². The number of benzene rings is 4. The first-order valence-electron chi connectivity index (χ1n) is 11.9. The van der Waals surface area contributed by atoms with E-state index in [2.05, 4.69) is 12.1 Å². The van der Waals surface area contributed by atoms with Gasteiger partial charge in [-0.1, -0.05) is 48.5 Å². The maximum atomic E-state index is 11.2. The Hall–Kier alpha value is -4.94. The van der Waals surface area contributed by atoms with Crippen LogP contribution in [0.25, 0.3) is 0 Å². The van der Waals surface area contributed by atoms with Gasteiger partial charge in [0, 0.05) is 0 Å². The molecule has 0 amide bonds. The quantitative estimate of drug-likeness (QED) is 0.276. The van der Waals surface area contributed by atoms with Crippen molar-refractivity contribution in [1.82, 2.24) is 0 Å². The second-order valence-electron chi connectivity index (χ2n) is 8.64. The van der Waals surface area contributed by atoms with Crippen LogP contribution in [0.2, 0.25) is 0 Å². The molecule has 0 bridgehead atoms. The van der Waals surface area contributed by atoms with Gasteiger partial charge in [-0.05, 0) is 70.8 Å². The minimum absolute atomic E-state index is 0.638. The van der Waals surface area contributed by atoms with Gasteiger partial charge in [0.05, 0.1) is 40.6 Å². The maximum Gasteiger partial charge on any atom is 0.134 e. The second kappa shape index (κ2) is 11.0. The zero-order valence-corrected chi connectivity index (χ0v) is 21.8. The molecule has 0 aliphatic rings. The van der Waals surface area contributed by atoms with E-state index in [-0.39, 0.29) is 0 Å². The molecule has 0 atom stereocenters. The van der Waals surface area contributed by atoms with Crippen LogP contribution in [0.4, 0.5) is 0 Å². The molecule has 0 aromatic heterocycles. The number of rotatable bonds is 9. The summed E-state index contributed by atoms with van der Waals surface area (Å²) in [6, 6.07) is 34.3. The third-order valence-electron chi connectivity index (χ3n) is 6.99. The van der Waals surface area contributed by atoms with Gasteiger partial charge in [0.25, 0.3) is 0 Å². The summed E-state index contributed by atoms with van der Waals surface area (Å²) < 4.78 is 21.6. The van der Waals surface area contributed by atoms with Crippen molar-refractivity contribution in [3.63, 3.8) is 0 Å². The summed E-state index contributed by atoms with van der Waals surface area (Å²) >= 11 is 0. The van der Waals surface area contributed by atoms with Crippen LogP contribution in [0.5, 0.6) is 23.0 Å². The number of methoxy groups -OCH3 is 4. The van der Waals surface area contributed by atoms with E-state index in [9.17, 15) is 10.5 Å². The SMILES string of the molecule is COc1ccc(C(C#N)(c2ccc(OC)cc2)C(C#N)(c2ccc(OC)cc2)c2ccc(OC)cc2)cc1. The van der Waals surface area contributed by atoms with Crippen LogP contribution < -0.4 is 18.9 Å². The molecule has 0 saturated carbocycles. The molecule has 0 aliphatic heterocycles. The van der Waals surface area contributed by atoms with Crippen molar-refractivity contribution >= 4 is 0 Å². The van der Waals surface area contributed by atoms with Crippen molar-refractivity contribution in [2.75, 3.05) is 28.4 Å². The summed E-state index contributed by atoms with van der Waals surface area (Å²) in [6.45, 7) is 0. The van der Waals surface area contributed by atoms with Gasteiger partial charge < -0.3 is 18.9 Å². The van der Waals surface area contributed by atoms with Crippen molar-refractivity contribution in [2.24, 2.45) is 0 Å². The molecule has 0 heterocycles. The monoisotopic (exact) mass is 504 g/mol. The number of hydrogen-bond acceptors (Lipinski definition) is 6. The largest absolute Gasteiger partial charge is 0.497 e. The lowest BCUT2D eigenvalue weighted by Crippen LogP contribution is -2.49. The van der Waals surface area contributed by atoms with Crippen LogP contribution in [0.3, 0.4) is 0 Å². The van der Waals surface area contributed by atoms with Gasteiger partial charge >= 0.3 is 0 Å². The first kappa shape index (κ1) is 26.1. The Balaban J connectivity index is 2.16. The minimum atomic E-state index is -1.48. The molecule has 4 rings (SSSR count). The van der Waals surface area contributed by atoms with Gasteiger partial charge in [0.15, 0.2) is 0 Å². The van der Waals surface area contributed by atoms with Crippen molar-refractivity contribution in [1.29, 1.82) is 10.5 Å². The topological polar surface area (TPSA) is 84.5 Å². The molecule has 38 heavy (non-hydrogen) atoms. The number of ether oxygens (including phenoxy) is 4. The third-order valence-corrected chi connectivity index (χ3v) is 6.99. The van der Waals surface area contributed by atoms with Gasteiger partial charge in [0.1, 0.15) is 33.8 Å². The molecule has 6 heteroatoms. The van der Waals surface area contributed by atoms with E-state index in [0.717, 1.165) is 0 Å². The fraction of sp³-hybridized carbons (Fsp3) is 0.188. The lowest BCUT2D eigenvalue weighted by Gasteiger charge is -2.43. The van der Waals surface area contributed by atoms with Crippen LogP contribution in [-0.2, 0) is 10.8 Å². The van der Waals surface area contributed by atoms with Crippen LogP contribution in [0.1, 0.15) is 22.3 Å². The zero-order valence-electron chi connectivity index (χ0n) is 21.8. The third kappa shape index (κ3) is 4.17. The Morgan fingerprint density at radius 3 is 0.711 bits per heavy atom. The van der Waals surface area contributed by atoms with E-state index < -0.39 is 10.8 Å². The summed E-state index contributed by atoms with van der Waals surface area (Å²) in [5, 5.41) is 22.4. The summed E-state index contributed by atoms with van der Waals surface area (Å²) in [4.78, 5) is 0. The normalized spacial score (nSPS) is 11.1. The number of nitrogens with zero attached hydrogens (tertiary/aromatic N) is 2. The molecule has 4 aromatic carbocycles. The van der Waals surface area contributed by atoms with Gasteiger partial charge in [-0.3, -0.25) is 0 Å². The molecular weight excluding hydrogens is 476 g/mol. The standard InChI is InChI=1S/C32H28N2O4/c1-35-27-13-5-23(6-14-27)31(21-33,24-7-15-28(36-2)16-8-24)32(22-34,25-9-17-29(37-3)18-10-25)26-11-19-30(38-4)20-12-26/h5-20H,1-4H3. The second-order valence-corrected chi connectivity index (χ2v) is 8.64. The molecule has 0 fully saturated rings. The molecule has 6 nitrogen and oxygen atoms in total. The zero-order chi connectivity index (χ0) is 27.2. The molecular formula is C32H28N2O4. The van der Waals surface area contributed by atoms with Crippen LogP contribution in [0, 0.1) is 22.7 Å². The van der Waals surface area contributed by atoms with E-state index in [1.54, 1.807) is 77.0 Å². The van der Waals surface area contributed by atoms with Crippen LogP contribution in [-0.4, -0.2) is 28.4 Å². The van der Waals surface area contributed by atoms with Gasteiger partial charge in [-0.25, -0.2) is 0 Å². The van der Waals surface area contributed by atoms with Gasteiger partial charge in [-0.2, -0.15) is 10.5 Å². The minimum Gasteiger partial charge on any atom is -0.497 e. The molecule has 0 saturated heterocycles. The molecule has 0 radical (unpaired) electrons. The first-order chi connectivity index (χ1) is 18.5. The van der Waals surface area contributed by atoms with E-state index in [1.165, 1.54) is 0 Å². The molecule has 0 aliphatic carbocycles. The van der Waals surface area contributed by atoms with E-state index in [1.807, 2.05) is 48.5 Å². The predicted octanol–water partition coefficient (Wildman–Crippen LogP) is 6.04. The average Bonchev–Trinajstić information content (AvgIpc) is 3.00. The molecule has 0 N–H and O–H groups in total. The Morgan fingerprint density at radius 2 is 0.579 bits per heavy atom. The summed E-state index contributed by atoms with van der Waals surface area (Å²) in [5.74, 6) is 2.58. The maximum absolute atomic E-state index is 11.2. The highest BCUT2D eigenvalue weighted by Gasteiger charge is 2.57. The van der Waals surface area contributed by atoms with E-state index in [0.29, 0.717) is 45.3 Å². The summed E-state index contributed by atoms with van der Waals surface area (Å²) in [6.07, 6.45) is 0. The summed E-state index contributed by atoms with van der Waals surface area (Å²) in [7, 11) is 6.35. The molecule has 4 aromatic rings. The van der Waals surface area contributed by atoms with Crippen molar-refractivity contribution in [2.45, 2.75) is 10.8 Å². The lowest BCUT2D eigenvalue weighted by atomic mass is 9.53. The van der Waals surface area contributed by atoms with E-state index in [4.69, 9.17) is 18.9 Å². The lowest BCUT2D eigenvalue weighted by molar-refractivity contribution is 0.409. The highest BCUT2D eigenvalue weighted by molar-refractivity contribution is 5.65. The Bertz CT molecular complexity index is 1240. The van der Waals surface area contributed by atoms with E-state index >= 15 is 0 Å². The van der Waals surface area contributed by atoms with Gasteiger partial charge in [0.2, 0.25) is 0 Å². The fourth-order valence-electron chi connectivity index (χ4n) is 4.99. The average molecular weight is 505 g/mol. The molecule has 0 unspecified atom stereocenters. The fourth-order valence-corrected chi connectivity index (χ4v) is 4.99. The smallest absolute Gasteiger partial charge is 0.134 e. The van der Waals surface area contributed by atoms with Gasteiger partial charge in [-0.15, -0.1) is 0 Å². The summed E-state index contributed by atoms with van der Waals surface area (Å²) in [5.41, 5.74) is -0.413. The highest BCUT2D eigenvalue weighted by atomic mass is 16.5. The van der Waals surface area contributed by atoms with Crippen molar-refractivity contribution < 1.29 is 18.9 Å². The Morgan fingerprint density at radius 1 is 0.395 bits per heavy atom. The first-order valence-corrected chi connectivity index (χ1v) is 11.9. The molecule has 0 spiro atoms. The number of nitriles is 2. The highest BCUT2D eigenvalue weighted by Crippen LogP contribution is 2.53. The predicted molar refractivity (Wildman–Crippen MR) is 145 cm³/mol. The number of hydrogen-bond donors (Lipinski definition) is 0.